The van der Waals surface area contributed by atoms with E-state index in [-0.39, 0.29) is 17.0 Å². The smallest absolute Gasteiger partial charge is 0.240 e. The van der Waals surface area contributed by atoms with Crippen LogP contribution in [-0.4, -0.2) is 40.3 Å². The Morgan fingerprint density at radius 2 is 1.78 bits per heavy atom. The molecule has 1 fully saturated rings. The molecule has 0 atom stereocenters. The fourth-order valence-electron chi connectivity index (χ4n) is 2.60. The van der Waals surface area contributed by atoms with Crippen LogP contribution in [0.1, 0.15) is 32.6 Å². The van der Waals surface area contributed by atoms with Crippen molar-refractivity contribution >= 4 is 10.0 Å². The molecule has 0 saturated heterocycles. The molecular weight excluding hydrogens is 316 g/mol. The first-order valence-corrected chi connectivity index (χ1v) is 9.58. The van der Waals surface area contributed by atoms with Gasteiger partial charge in [-0.3, -0.25) is 0 Å². The van der Waals surface area contributed by atoms with E-state index in [0.29, 0.717) is 25.6 Å². The van der Waals surface area contributed by atoms with Crippen LogP contribution in [-0.2, 0) is 14.8 Å². The highest BCUT2D eigenvalue weighted by atomic mass is 32.2. The summed E-state index contributed by atoms with van der Waals surface area (Å²) in [6.45, 7) is 3.54. The Kier molecular flexibility index (Phi) is 6.83. The fraction of sp³-hybridized carbons (Fsp3) is 0.625. The lowest BCUT2D eigenvalue weighted by Crippen LogP contribution is -2.40. The van der Waals surface area contributed by atoms with Crippen LogP contribution in [0.2, 0.25) is 0 Å². The summed E-state index contributed by atoms with van der Waals surface area (Å²) >= 11 is 0. The van der Waals surface area contributed by atoms with Crippen molar-refractivity contribution in [2.75, 3.05) is 19.8 Å². The molecule has 1 aromatic carbocycles. The molecule has 1 aromatic rings. The van der Waals surface area contributed by atoms with Gasteiger partial charge in [0.1, 0.15) is 12.4 Å². The van der Waals surface area contributed by atoms with Crippen LogP contribution in [0.5, 0.6) is 5.75 Å². The second-order valence-corrected chi connectivity index (χ2v) is 7.46. The molecular formula is C16H26N2O4S. The first-order valence-electron chi connectivity index (χ1n) is 8.10. The molecule has 2 rings (SSSR count). The topological polar surface area (TPSA) is 90.6 Å². The minimum Gasteiger partial charge on any atom is -0.491 e. The quantitative estimate of drug-likeness (QED) is 0.701. The number of ether oxygens (including phenoxy) is 2. The molecule has 3 N–H and O–H groups in total. The van der Waals surface area contributed by atoms with Crippen molar-refractivity contribution in [2.45, 2.75) is 49.6 Å². The molecule has 0 radical (unpaired) electrons. The van der Waals surface area contributed by atoms with Gasteiger partial charge in [-0.15, -0.1) is 0 Å². The summed E-state index contributed by atoms with van der Waals surface area (Å²) in [5, 5.41) is 0. The van der Waals surface area contributed by atoms with Gasteiger partial charge in [0, 0.05) is 18.7 Å². The number of nitrogens with two attached hydrogens (primary N) is 1. The van der Waals surface area contributed by atoms with Crippen LogP contribution >= 0.6 is 0 Å². The standard InChI is InChI=1S/C16H26N2O4S/c1-2-21-11-12-22-15-7-9-16(10-8-15)23(19,20)18-14-5-3-13(17)4-6-14/h7-10,13-14,18H,2-6,11-12,17H2,1H3. The van der Waals surface area contributed by atoms with Crippen LogP contribution in [0, 0.1) is 0 Å². The lowest BCUT2D eigenvalue weighted by atomic mass is 9.93. The number of sulfonamides is 1. The average Bonchev–Trinajstić information content (AvgIpc) is 2.54. The molecule has 0 amide bonds. The minimum absolute atomic E-state index is 0.0260. The predicted octanol–water partition coefficient (Wildman–Crippen LogP) is 1.65. The van der Waals surface area contributed by atoms with Crippen LogP contribution in [0.4, 0.5) is 0 Å². The lowest BCUT2D eigenvalue weighted by Gasteiger charge is -2.26. The molecule has 0 spiro atoms. The van der Waals surface area contributed by atoms with Crippen molar-refractivity contribution in [3.05, 3.63) is 24.3 Å². The molecule has 0 aliphatic heterocycles. The van der Waals surface area contributed by atoms with Gasteiger partial charge in [0.05, 0.1) is 11.5 Å². The summed E-state index contributed by atoms with van der Waals surface area (Å²) in [4.78, 5) is 0.254. The Bertz CT molecular complexity index is 566. The van der Waals surface area contributed by atoms with Crippen LogP contribution in [0.25, 0.3) is 0 Å². The summed E-state index contributed by atoms with van der Waals surface area (Å²) < 4.78 is 38.2. The van der Waals surface area contributed by atoms with Gasteiger partial charge >= 0.3 is 0 Å². The van der Waals surface area contributed by atoms with Crippen molar-refractivity contribution in [1.29, 1.82) is 0 Å². The maximum absolute atomic E-state index is 12.4. The second kappa shape index (κ2) is 8.63. The third-order valence-electron chi connectivity index (χ3n) is 3.93. The number of hydrogen-bond donors (Lipinski definition) is 2. The first-order chi connectivity index (χ1) is 11.0. The van der Waals surface area contributed by atoms with E-state index in [1.807, 2.05) is 6.92 Å². The van der Waals surface area contributed by atoms with E-state index in [4.69, 9.17) is 15.2 Å². The van der Waals surface area contributed by atoms with E-state index in [9.17, 15) is 8.42 Å². The summed E-state index contributed by atoms with van der Waals surface area (Å²) in [5.74, 6) is 0.632. The Labute approximate surface area is 138 Å². The molecule has 0 unspecified atom stereocenters. The lowest BCUT2D eigenvalue weighted by molar-refractivity contribution is 0.110. The second-order valence-electron chi connectivity index (χ2n) is 5.75. The summed E-state index contributed by atoms with van der Waals surface area (Å²) in [5.41, 5.74) is 5.85. The zero-order valence-corrected chi connectivity index (χ0v) is 14.3. The van der Waals surface area contributed by atoms with E-state index in [2.05, 4.69) is 4.72 Å². The maximum atomic E-state index is 12.4. The highest BCUT2D eigenvalue weighted by Gasteiger charge is 2.24. The van der Waals surface area contributed by atoms with Gasteiger partial charge in [-0.2, -0.15) is 0 Å². The summed E-state index contributed by atoms with van der Waals surface area (Å²) in [6, 6.07) is 6.62. The van der Waals surface area contributed by atoms with Crippen molar-refractivity contribution in [3.8, 4) is 5.75 Å². The molecule has 130 valence electrons. The van der Waals surface area contributed by atoms with E-state index in [1.54, 1.807) is 24.3 Å². The van der Waals surface area contributed by atoms with Gasteiger partial charge in [0.25, 0.3) is 0 Å². The number of hydrogen-bond acceptors (Lipinski definition) is 5. The molecule has 6 nitrogen and oxygen atoms in total. The minimum atomic E-state index is -3.49. The van der Waals surface area contributed by atoms with Crippen molar-refractivity contribution in [3.63, 3.8) is 0 Å². The average molecular weight is 342 g/mol. The van der Waals surface area contributed by atoms with Gasteiger partial charge in [0.15, 0.2) is 0 Å². The highest BCUT2D eigenvalue weighted by Crippen LogP contribution is 2.21. The van der Waals surface area contributed by atoms with Crippen molar-refractivity contribution in [1.82, 2.24) is 4.72 Å². The number of rotatable bonds is 8. The fourth-order valence-corrected chi connectivity index (χ4v) is 3.91. The molecule has 1 aliphatic carbocycles. The normalized spacial score (nSPS) is 22.0. The molecule has 0 heterocycles. The van der Waals surface area contributed by atoms with E-state index in [1.165, 1.54) is 0 Å². The Morgan fingerprint density at radius 3 is 2.39 bits per heavy atom. The van der Waals surface area contributed by atoms with Crippen LogP contribution in [0.3, 0.4) is 0 Å². The van der Waals surface area contributed by atoms with Gasteiger partial charge in [0.2, 0.25) is 10.0 Å². The van der Waals surface area contributed by atoms with Crippen LogP contribution < -0.4 is 15.2 Å². The van der Waals surface area contributed by atoms with E-state index < -0.39 is 10.0 Å². The van der Waals surface area contributed by atoms with Crippen molar-refractivity contribution < 1.29 is 17.9 Å². The van der Waals surface area contributed by atoms with E-state index in [0.717, 1.165) is 25.7 Å². The monoisotopic (exact) mass is 342 g/mol. The third kappa shape index (κ3) is 5.76. The van der Waals surface area contributed by atoms with Gasteiger partial charge in [-0.25, -0.2) is 13.1 Å². The largest absolute Gasteiger partial charge is 0.491 e. The SMILES string of the molecule is CCOCCOc1ccc(S(=O)(=O)NC2CCC(N)CC2)cc1. The zero-order valence-electron chi connectivity index (χ0n) is 13.5. The summed E-state index contributed by atoms with van der Waals surface area (Å²) in [6.07, 6.45) is 3.30. The van der Waals surface area contributed by atoms with Crippen LogP contribution in [0.15, 0.2) is 29.2 Å². The van der Waals surface area contributed by atoms with Gasteiger partial charge < -0.3 is 15.2 Å². The van der Waals surface area contributed by atoms with Gasteiger partial charge in [-0.1, -0.05) is 0 Å². The molecule has 7 heteroatoms. The zero-order chi connectivity index (χ0) is 16.7. The number of benzene rings is 1. The van der Waals surface area contributed by atoms with E-state index >= 15 is 0 Å². The molecule has 23 heavy (non-hydrogen) atoms. The Hall–Kier alpha value is -1.15. The van der Waals surface area contributed by atoms with Gasteiger partial charge in [-0.05, 0) is 56.9 Å². The predicted molar refractivity (Wildman–Crippen MR) is 89.0 cm³/mol. The maximum Gasteiger partial charge on any atom is 0.240 e. The summed E-state index contributed by atoms with van der Waals surface area (Å²) in [7, 11) is -3.49. The third-order valence-corrected chi connectivity index (χ3v) is 5.46. The Morgan fingerprint density at radius 1 is 1.13 bits per heavy atom. The first kappa shape index (κ1) is 18.2. The number of nitrogens with one attached hydrogen (secondary N) is 1. The molecule has 1 aliphatic rings. The highest BCUT2D eigenvalue weighted by molar-refractivity contribution is 7.89. The van der Waals surface area contributed by atoms with Crippen molar-refractivity contribution in [2.24, 2.45) is 5.73 Å². The molecule has 1 saturated carbocycles. The molecule has 0 aromatic heterocycles. The molecule has 0 bridgehead atoms. The Balaban J connectivity index is 1.89.